The van der Waals surface area contributed by atoms with Crippen molar-refractivity contribution in [2.75, 3.05) is 7.11 Å². The Hall–Kier alpha value is -0.900. The first-order valence-corrected chi connectivity index (χ1v) is 8.38. The highest BCUT2D eigenvalue weighted by Crippen LogP contribution is 2.30. The van der Waals surface area contributed by atoms with Crippen LogP contribution in [0.2, 0.25) is 0 Å². The Morgan fingerprint density at radius 2 is 1.90 bits per heavy atom. The first kappa shape index (κ1) is 16.5. The van der Waals surface area contributed by atoms with Crippen molar-refractivity contribution in [1.29, 1.82) is 0 Å². The molecule has 118 valence electrons. The number of hydrogen-bond donors (Lipinski definition) is 2. The van der Waals surface area contributed by atoms with E-state index in [9.17, 15) is 0 Å². The van der Waals surface area contributed by atoms with Crippen molar-refractivity contribution < 1.29 is 4.74 Å². The van der Waals surface area contributed by atoms with E-state index in [-0.39, 0.29) is 12.1 Å². The lowest BCUT2D eigenvalue weighted by molar-refractivity contribution is 0.00563. The van der Waals surface area contributed by atoms with Crippen molar-refractivity contribution in [3.8, 4) is 0 Å². The smallest absolute Gasteiger partial charge is 0.0765 e. The number of ether oxygens (including phenoxy) is 1. The van der Waals surface area contributed by atoms with Crippen LogP contribution in [0.5, 0.6) is 0 Å². The van der Waals surface area contributed by atoms with E-state index in [0.717, 1.165) is 19.3 Å². The first-order valence-electron chi connectivity index (χ1n) is 8.38. The number of nitrogens with one attached hydrogen (secondary N) is 1. The molecule has 0 aliphatic heterocycles. The van der Waals surface area contributed by atoms with Crippen LogP contribution in [0.1, 0.15) is 50.5 Å². The highest BCUT2D eigenvalue weighted by atomic mass is 16.5. The Labute approximate surface area is 129 Å². The maximum atomic E-state index is 5.81. The number of nitrogens with two attached hydrogens (primary N) is 1. The van der Waals surface area contributed by atoms with Crippen molar-refractivity contribution >= 4 is 0 Å². The van der Waals surface area contributed by atoms with Crippen LogP contribution in [0.4, 0.5) is 0 Å². The van der Waals surface area contributed by atoms with Crippen molar-refractivity contribution in [2.24, 2.45) is 11.8 Å². The fourth-order valence-corrected chi connectivity index (χ4v) is 3.66. The molecule has 0 heterocycles. The predicted molar refractivity (Wildman–Crippen MR) is 87.9 cm³/mol. The lowest BCUT2D eigenvalue weighted by atomic mass is 9.81. The number of benzene rings is 1. The molecule has 0 amide bonds. The summed E-state index contributed by atoms with van der Waals surface area (Å²) in [4.78, 5) is 0. The van der Waals surface area contributed by atoms with E-state index < -0.39 is 0 Å². The summed E-state index contributed by atoms with van der Waals surface area (Å²) in [5, 5.41) is 0. The number of hydrogen-bond acceptors (Lipinski definition) is 3. The molecular formula is C18H30N2O. The maximum absolute atomic E-state index is 5.81. The second kappa shape index (κ2) is 9.19. The van der Waals surface area contributed by atoms with Gasteiger partial charge in [0.25, 0.3) is 0 Å². The van der Waals surface area contributed by atoms with Crippen LogP contribution in [0.25, 0.3) is 0 Å². The minimum atomic E-state index is 0.256. The van der Waals surface area contributed by atoms with Gasteiger partial charge in [-0.1, -0.05) is 49.6 Å². The molecule has 1 aliphatic rings. The van der Waals surface area contributed by atoms with Crippen LogP contribution in [0.15, 0.2) is 30.3 Å². The average molecular weight is 290 g/mol. The molecule has 1 aromatic carbocycles. The Morgan fingerprint density at radius 3 is 2.52 bits per heavy atom. The summed E-state index contributed by atoms with van der Waals surface area (Å²) in [6.07, 6.45) is 10.2. The summed E-state index contributed by atoms with van der Waals surface area (Å²) < 4.78 is 5.80. The third-order valence-corrected chi connectivity index (χ3v) is 4.82. The number of aryl methyl sites for hydroxylation is 1. The average Bonchev–Trinajstić information content (AvgIpc) is 2.56. The van der Waals surface area contributed by atoms with Crippen LogP contribution < -0.4 is 11.3 Å². The van der Waals surface area contributed by atoms with E-state index in [1.807, 2.05) is 7.11 Å². The Bertz CT molecular complexity index is 376. The maximum Gasteiger partial charge on any atom is 0.0765 e. The topological polar surface area (TPSA) is 47.3 Å². The van der Waals surface area contributed by atoms with Gasteiger partial charge in [0.05, 0.1) is 6.10 Å². The number of rotatable bonds is 8. The second-order valence-corrected chi connectivity index (χ2v) is 6.25. The van der Waals surface area contributed by atoms with Crippen molar-refractivity contribution in [2.45, 2.75) is 63.5 Å². The predicted octanol–water partition coefficient (Wildman–Crippen LogP) is 3.44. The molecule has 0 aromatic heterocycles. The lowest BCUT2D eigenvalue weighted by Crippen LogP contribution is -2.48. The molecule has 0 bridgehead atoms. The molecule has 2 atom stereocenters. The molecular weight excluding hydrogens is 260 g/mol. The summed E-state index contributed by atoms with van der Waals surface area (Å²) in [6, 6.07) is 10.9. The van der Waals surface area contributed by atoms with Crippen molar-refractivity contribution in [1.82, 2.24) is 5.43 Å². The molecule has 3 nitrogen and oxygen atoms in total. The molecule has 1 saturated carbocycles. The van der Waals surface area contributed by atoms with Gasteiger partial charge in [0.1, 0.15) is 0 Å². The summed E-state index contributed by atoms with van der Waals surface area (Å²) in [5.41, 5.74) is 4.41. The molecule has 2 unspecified atom stereocenters. The Morgan fingerprint density at radius 1 is 1.19 bits per heavy atom. The van der Waals surface area contributed by atoms with Crippen molar-refractivity contribution in [3.63, 3.8) is 0 Å². The minimum absolute atomic E-state index is 0.256. The zero-order valence-corrected chi connectivity index (χ0v) is 13.3. The van der Waals surface area contributed by atoms with Gasteiger partial charge in [0.2, 0.25) is 0 Å². The zero-order valence-electron chi connectivity index (χ0n) is 13.3. The van der Waals surface area contributed by atoms with Crippen LogP contribution in [0.3, 0.4) is 0 Å². The monoisotopic (exact) mass is 290 g/mol. The molecule has 1 fully saturated rings. The van der Waals surface area contributed by atoms with E-state index >= 15 is 0 Å². The largest absolute Gasteiger partial charge is 0.379 e. The van der Waals surface area contributed by atoms with E-state index in [2.05, 4.69) is 35.8 Å². The van der Waals surface area contributed by atoms with Gasteiger partial charge >= 0.3 is 0 Å². The number of hydrazine groups is 1. The molecule has 1 aliphatic carbocycles. The fourth-order valence-electron chi connectivity index (χ4n) is 3.66. The van der Waals surface area contributed by atoms with Gasteiger partial charge in [-0.3, -0.25) is 11.3 Å². The standard InChI is InChI=1S/C18H30N2O/c1-21-18(16-12-6-3-7-13-16)17(20-19)14-8-11-15-9-4-2-5-10-15/h2,4-5,9-10,16-18,20H,3,6-8,11-14,19H2,1H3. The van der Waals surface area contributed by atoms with Gasteiger partial charge in [0, 0.05) is 13.2 Å². The highest BCUT2D eigenvalue weighted by molar-refractivity contribution is 5.14. The summed E-state index contributed by atoms with van der Waals surface area (Å²) in [5.74, 6) is 6.47. The molecule has 0 spiro atoms. The van der Waals surface area contributed by atoms with Crippen LogP contribution in [-0.2, 0) is 11.2 Å². The zero-order chi connectivity index (χ0) is 14.9. The van der Waals surface area contributed by atoms with E-state index in [4.69, 9.17) is 10.6 Å². The molecule has 21 heavy (non-hydrogen) atoms. The SMILES string of the molecule is COC(C1CCCCC1)C(CCCc1ccccc1)NN. The first-order chi connectivity index (χ1) is 10.3. The molecule has 0 saturated heterocycles. The van der Waals surface area contributed by atoms with E-state index in [1.165, 1.54) is 37.7 Å². The van der Waals surface area contributed by atoms with Crippen LogP contribution in [0, 0.1) is 5.92 Å². The van der Waals surface area contributed by atoms with Gasteiger partial charge in [-0.05, 0) is 43.6 Å². The minimum Gasteiger partial charge on any atom is -0.379 e. The quantitative estimate of drug-likeness (QED) is 0.569. The molecule has 3 N–H and O–H groups in total. The van der Waals surface area contributed by atoms with Crippen LogP contribution in [-0.4, -0.2) is 19.3 Å². The Kier molecular flexibility index (Phi) is 7.20. The molecule has 0 radical (unpaired) electrons. The third kappa shape index (κ3) is 5.10. The lowest BCUT2D eigenvalue weighted by Gasteiger charge is -2.34. The van der Waals surface area contributed by atoms with Crippen LogP contribution >= 0.6 is 0 Å². The highest BCUT2D eigenvalue weighted by Gasteiger charge is 2.29. The molecule has 2 rings (SSSR count). The summed E-state index contributed by atoms with van der Waals surface area (Å²) in [7, 11) is 1.83. The third-order valence-electron chi connectivity index (χ3n) is 4.82. The van der Waals surface area contributed by atoms with Gasteiger partial charge in [-0.2, -0.15) is 0 Å². The van der Waals surface area contributed by atoms with Gasteiger partial charge < -0.3 is 4.74 Å². The molecule has 3 heteroatoms. The van der Waals surface area contributed by atoms with E-state index in [0.29, 0.717) is 5.92 Å². The van der Waals surface area contributed by atoms with Gasteiger partial charge in [-0.25, -0.2) is 0 Å². The van der Waals surface area contributed by atoms with Gasteiger partial charge in [0.15, 0.2) is 0 Å². The second-order valence-electron chi connectivity index (χ2n) is 6.25. The van der Waals surface area contributed by atoms with Gasteiger partial charge in [-0.15, -0.1) is 0 Å². The fraction of sp³-hybridized carbons (Fsp3) is 0.667. The molecule has 1 aromatic rings. The summed E-state index contributed by atoms with van der Waals surface area (Å²) >= 11 is 0. The number of methoxy groups -OCH3 is 1. The normalized spacial score (nSPS) is 19.3. The van der Waals surface area contributed by atoms with E-state index in [1.54, 1.807) is 0 Å². The summed E-state index contributed by atoms with van der Waals surface area (Å²) in [6.45, 7) is 0. The Balaban J connectivity index is 1.82. The van der Waals surface area contributed by atoms with Crippen molar-refractivity contribution in [3.05, 3.63) is 35.9 Å².